The summed E-state index contributed by atoms with van der Waals surface area (Å²) in [7, 11) is 1.64. The smallest absolute Gasteiger partial charge is 0.255 e. The average Bonchev–Trinajstić information content (AvgIpc) is 2.76. The van der Waals surface area contributed by atoms with Crippen LogP contribution in [0, 0.1) is 17.3 Å². The minimum atomic E-state index is -0.530. The minimum Gasteiger partial charge on any atom is -0.497 e. The average molecular weight is 436 g/mol. The van der Waals surface area contributed by atoms with Gasteiger partial charge in [-0.15, -0.1) is 0 Å². The van der Waals surface area contributed by atoms with Gasteiger partial charge in [-0.05, 0) is 98.6 Å². The first-order chi connectivity index (χ1) is 15.4. The third kappa shape index (κ3) is 3.85. The Morgan fingerprint density at radius 3 is 2.53 bits per heavy atom. The van der Waals surface area contributed by atoms with Crippen LogP contribution in [0.15, 0.2) is 42.6 Å². The molecule has 1 amide bonds. The molecule has 2 aromatic rings. The lowest BCUT2D eigenvalue weighted by Crippen LogP contribution is -2.62. The van der Waals surface area contributed by atoms with Gasteiger partial charge in [0.05, 0.1) is 18.3 Å². The van der Waals surface area contributed by atoms with Crippen LogP contribution in [0.2, 0.25) is 0 Å². The van der Waals surface area contributed by atoms with Crippen LogP contribution < -0.4 is 15.4 Å². The van der Waals surface area contributed by atoms with Crippen LogP contribution in [0.5, 0.6) is 5.75 Å². The standard InChI is InChI=1S/C26H33N3O3/c1-3-22(25-12-17-11-18(13-25)15-26(31,14-17)16-25)29-24(30)21-5-4-10-27-23(21)28-19-6-8-20(32-2)9-7-19/h4-10,17-18,22,31H,3,11-16H2,1-2H3,(H,27,28)(H,29,30). The number of hydrogen-bond acceptors (Lipinski definition) is 5. The Morgan fingerprint density at radius 1 is 1.19 bits per heavy atom. The number of carbonyl (C=O) groups is 1. The lowest BCUT2D eigenvalue weighted by Gasteiger charge is -2.62. The molecule has 0 spiro atoms. The molecule has 1 heterocycles. The van der Waals surface area contributed by atoms with Gasteiger partial charge >= 0.3 is 0 Å². The molecule has 0 aliphatic heterocycles. The number of ether oxygens (including phenoxy) is 1. The van der Waals surface area contributed by atoms with Crippen molar-refractivity contribution in [1.29, 1.82) is 0 Å². The highest BCUT2D eigenvalue weighted by Crippen LogP contribution is 2.63. The number of aliphatic hydroxyl groups is 1. The summed E-state index contributed by atoms with van der Waals surface area (Å²) < 4.78 is 5.22. The van der Waals surface area contributed by atoms with Gasteiger partial charge in [0.25, 0.3) is 5.91 Å². The number of anilines is 2. The molecule has 32 heavy (non-hydrogen) atoms. The number of rotatable bonds is 7. The van der Waals surface area contributed by atoms with Crippen molar-refractivity contribution < 1.29 is 14.6 Å². The van der Waals surface area contributed by atoms with E-state index < -0.39 is 5.60 Å². The van der Waals surface area contributed by atoms with Crippen molar-refractivity contribution in [3.05, 3.63) is 48.2 Å². The predicted molar refractivity (Wildman–Crippen MR) is 124 cm³/mol. The molecule has 4 bridgehead atoms. The lowest BCUT2D eigenvalue weighted by atomic mass is 9.46. The van der Waals surface area contributed by atoms with E-state index >= 15 is 0 Å². The number of pyridine rings is 1. The van der Waals surface area contributed by atoms with Gasteiger partial charge in [0.15, 0.2) is 0 Å². The zero-order chi connectivity index (χ0) is 22.3. The van der Waals surface area contributed by atoms with Gasteiger partial charge in [-0.3, -0.25) is 4.79 Å². The van der Waals surface area contributed by atoms with Gasteiger partial charge in [0.1, 0.15) is 11.6 Å². The second-order valence-electron chi connectivity index (χ2n) is 10.2. The van der Waals surface area contributed by atoms with Gasteiger partial charge in [-0.1, -0.05) is 6.92 Å². The summed E-state index contributed by atoms with van der Waals surface area (Å²) in [6, 6.07) is 11.2. The molecule has 4 saturated carbocycles. The Kier molecular flexibility index (Phi) is 5.36. The third-order valence-electron chi connectivity index (χ3n) is 7.93. The van der Waals surface area contributed by atoms with Gasteiger partial charge < -0.3 is 20.5 Å². The molecule has 3 unspecified atom stereocenters. The van der Waals surface area contributed by atoms with Crippen LogP contribution in [-0.4, -0.2) is 34.8 Å². The van der Waals surface area contributed by atoms with Crippen LogP contribution in [-0.2, 0) is 0 Å². The summed E-state index contributed by atoms with van der Waals surface area (Å²) in [5.41, 5.74) is 0.853. The van der Waals surface area contributed by atoms with Crippen molar-refractivity contribution in [2.75, 3.05) is 12.4 Å². The molecule has 6 heteroatoms. The van der Waals surface area contributed by atoms with E-state index in [-0.39, 0.29) is 17.4 Å². The van der Waals surface area contributed by atoms with Crippen LogP contribution in [0.25, 0.3) is 0 Å². The molecular weight excluding hydrogens is 402 g/mol. The maximum absolute atomic E-state index is 13.4. The summed E-state index contributed by atoms with van der Waals surface area (Å²) >= 11 is 0. The largest absolute Gasteiger partial charge is 0.497 e. The number of nitrogens with one attached hydrogen (secondary N) is 2. The van der Waals surface area contributed by atoms with Gasteiger partial charge in [0.2, 0.25) is 0 Å². The van der Waals surface area contributed by atoms with E-state index in [9.17, 15) is 9.90 Å². The number of amides is 1. The molecule has 4 fully saturated rings. The number of nitrogens with zero attached hydrogens (tertiary/aromatic N) is 1. The fraction of sp³-hybridized carbons (Fsp3) is 0.538. The molecule has 4 aliphatic rings. The van der Waals surface area contributed by atoms with E-state index in [2.05, 4.69) is 22.5 Å². The van der Waals surface area contributed by atoms with Gasteiger partial charge in [-0.25, -0.2) is 4.98 Å². The Hall–Kier alpha value is -2.60. The molecule has 0 radical (unpaired) electrons. The van der Waals surface area contributed by atoms with Crippen molar-refractivity contribution in [3.63, 3.8) is 0 Å². The van der Waals surface area contributed by atoms with Crippen molar-refractivity contribution >= 4 is 17.4 Å². The van der Waals surface area contributed by atoms with Crippen LogP contribution >= 0.6 is 0 Å². The highest BCUT2D eigenvalue weighted by atomic mass is 16.5. The Labute approximate surface area is 189 Å². The Morgan fingerprint density at radius 2 is 1.91 bits per heavy atom. The normalized spacial score (nSPS) is 31.2. The Balaban J connectivity index is 1.35. The number of hydrogen-bond donors (Lipinski definition) is 3. The van der Waals surface area contributed by atoms with Crippen molar-refractivity contribution in [3.8, 4) is 5.75 Å². The maximum Gasteiger partial charge on any atom is 0.255 e. The van der Waals surface area contributed by atoms with E-state index in [1.54, 1.807) is 19.4 Å². The first kappa shape index (κ1) is 21.3. The second kappa shape index (κ2) is 8.07. The fourth-order valence-electron chi connectivity index (χ4n) is 7.12. The van der Waals surface area contributed by atoms with Crippen LogP contribution in [0.3, 0.4) is 0 Å². The molecule has 6 rings (SSSR count). The van der Waals surface area contributed by atoms with E-state index in [4.69, 9.17) is 4.74 Å². The molecule has 6 nitrogen and oxygen atoms in total. The summed E-state index contributed by atoms with van der Waals surface area (Å²) in [6.45, 7) is 2.15. The first-order valence-electron chi connectivity index (χ1n) is 11.8. The van der Waals surface area contributed by atoms with Crippen molar-refractivity contribution in [1.82, 2.24) is 10.3 Å². The maximum atomic E-state index is 13.4. The lowest BCUT2D eigenvalue weighted by molar-refractivity contribution is -0.172. The quantitative estimate of drug-likeness (QED) is 0.588. The molecule has 1 aromatic heterocycles. The monoisotopic (exact) mass is 435 g/mol. The SMILES string of the molecule is CCC(NC(=O)c1cccnc1Nc1ccc(OC)cc1)C12CC3CC(CC(O)(C3)C1)C2. The summed E-state index contributed by atoms with van der Waals surface area (Å²) in [5.74, 6) is 2.39. The molecule has 1 aromatic carbocycles. The molecule has 4 aliphatic carbocycles. The third-order valence-corrected chi connectivity index (χ3v) is 7.93. The zero-order valence-corrected chi connectivity index (χ0v) is 18.9. The number of benzene rings is 1. The Bertz CT molecular complexity index is 976. The van der Waals surface area contributed by atoms with Crippen molar-refractivity contribution in [2.24, 2.45) is 17.3 Å². The van der Waals surface area contributed by atoms with Crippen LogP contribution in [0.1, 0.15) is 62.2 Å². The first-order valence-corrected chi connectivity index (χ1v) is 11.8. The minimum absolute atomic E-state index is 0.00896. The topological polar surface area (TPSA) is 83.5 Å². The van der Waals surface area contributed by atoms with Crippen LogP contribution in [0.4, 0.5) is 11.5 Å². The number of methoxy groups -OCH3 is 1. The summed E-state index contributed by atoms with van der Waals surface area (Å²) in [6.07, 6.45) is 8.73. The molecule has 0 saturated heterocycles. The van der Waals surface area contributed by atoms with E-state index in [1.165, 1.54) is 6.42 Å². The molecule has 3 N–H and O–H groups in total. The summed E-state index contributed by atoms with van der Waals surface area (Å²) in [5, 5.41) is 17.8. The van der Waals surface area contributed by atoms with Gasteiger partial charge in [0, 0.05) is 17.9 Å². The second-order valence-corrected chi connectivity index (χ2v) is 10.2. The van der Waals surface area contributed by atoms with E-state index in [0.29, 0.717) is 23.2 Å². The fourth-order valence-corrected chi connectivity index (χ4v) is 7.12. The number of carbonyl (C=O) groups excluding carboxylic acids is 1. The van der Waals surface area contributed by atoms with E-state index in [0.717, 1.165) is 50.0 Å². The highest BCUT2D eigenvalue weighted by molar-refractivity contribution is 5.99. The predicted octanol–water partition coefficient (Wildman–Crippen LogP) is 4.67. The molecular formula is C26H33N3O3. The summed E-state index contributed by atoms with van der Waals surface area (Å²) in [4.78, 5) is 17.9. The zero-order valence-electron chi connectivity index (χ0n) is 18.9. The molecule has 170 valence electrons. The number of aromatic nitrogens is 1. The molecule has 3 atom stereocenters. The van der Waals surface area contributed by atoms with Crippen molar-refractivity contribution in [2.45, 2.75) is 63.5 Å². The van der Waals surface area contributed by atoms with E-state index in [1.807, 2.05) is 30.3 Å². The van der Waals surface area contributed by atoms with Gasteiger partial charge in [-0.2, -0.15) is 0 Å². The highest BCUT2D eigenvalue weighted by Gasteiger charge is 2.59.